The molecule has 0 spiro atoms. The van der Waals surface area contributed by atoms with E-state index in [4.69, 9.17) is 36.7 Å². The molecule has 0 fully saturated rings. The second kappa shape index (κ2) is 10.9. The minimum absolute atomic E-state index is 0.00994. The number of aromatic nitrogens is 2. The lowest BCUT2D eigenvalue weighted by atomic mass is 10.2. The molecule has 0 aliphatic heterocycles. The SMILES string of the molecule is Nc1cc2c(Nc3ccc(F)c(Cl)c3)ncnc2cc1OCCOCCOCCO. The van der Waals surface area contributed by atoms with E-state index in [1.54, 1.807) is 18.2 Å². The third-order valence-electron chi connectivity index (χ3n) is 4.04. The fourth-order valence-electron chi connectivity index (χ4n) is 2.63. The molecule has 0 saturated carbocycles. The highest BCUT2D eigenvalue weighted by Crippen LogP contribution is 2.32. The lowest BCUT2D eigenvalue weighted by Crippen LogP contribution is -2.12. The van der Waals surface area contributed by atoms with E-state index in [0.717, 1.165) is 0 Å². The number of aliphatic hydroxyl groups excluding tert-OH is 1. The van der Waals surface area contributed by atoms with Gasteiger partial charge in [0.25, 0.3) is 0 Å². The molecule has 0 saturated heterocycles. The van der Waals surface area contributed by atoms with Gasteiger partial charge in [0.1, 0.15) is 30.3 Å². The Balaban J connectivity index is 1.64. The second-order valence-electron chi connectivity index (χ2n) is 6.18. The Bertz CT molecular complexity index is 992. The summed E-state index contributed by atoms with van der Waals surface area (Å²) in [7, 11) is 0. The van der Waals surface area contributed by atoms with Crippen LogP contribution in [0.25, 0.3) is 10.9 Å². The number of hydrogen-bond donors (Lipinski definition) is 3. The molecular formula is C20H22ClFN4O4. The Morgan fingerprint density at radius 3 is 2.57 bits per heavy atom. The van der Waals surface area contributed by atoms with Crippen molar-refractivity contribution in [2.24, 2.45) is 0 Å². The minimum Gasteiger partial charge on any atom is -0.489 e. The smallest absolute Gasteiger partial charge is 0.144 e. The average molecular weight is 437 g/mol. The maximum Gasteiger partial charge on any atom is 0.144 e. The van der Waals surface area contributed by atoms with E-state index in [2.05, 4.69) is 15.3 Å². The fourth-order valence-corrected chi connectivity index (χ4v) is 2.81. The number of anilines is 3. The van der Waals surface area contributed by atoms with Gasteiger partial charge in [0.15, 0.2) is 0 Å². The first-order valence-electron chi connectivity index (χ1n) is 9.24. The van der Waals surface area contributed by atoms with Gasteiger partial charge >= 0.3 is 0 Å². The van der Waals surface area contributed by atoms with Crippen LogP contribution in [0.3, 0.4) is 0 Å². The number of nitrogens with two attached hydrogens (primary N) is 1. The molecule has 1 aromatic heterocycles. The zero-order valence-electron chi connectivity index (χ0n) is 16.1. The molecule has 160 valence electrons. The first kappa shape index (κ1) is 22.0. The molecule has 1 heterocycles. The van der Waals surface area contributed by atoms with E-state index < -0.39 is 5.82 Å². The number of aliphatic hydroxyl groups is 1. The van der Waals surface area contributed by atoms with Gasteiger partial charge in [-0.05, 0) is 24.3 Å². The summed E-state index contributed by atoms with van der Waals surface area (Å²) in [5.41, 5.74) is 7.76. The van der Waals surface area contributed by atoms with Crippen LogP contribution in [-0.2, 0) is 9.47 Å². The average Bonchev–Trinajstić information content (AvgIpc) is 2.73. The molecule has 0 atom stereocenters. The highest BCUT2D eigenvalue weighted by atomic mass is 35.5. The van der Waals surface area contributed by atoms with Crippen LogP contribution < -0.4 is 15.8 Å². The van der Waals surface area contributed by atoms with Gasteiger partial charge < -0.3 is 30.4 Å². The molecule has 0 aliphatic rings. The summed E-state index contributed by atoms with van der Waals surface area (Å²) in [6, 6.07) is 7.74. The lowest BCUT2D eigenvalue weighted by Gasteiger charge is -2.13. The predicted molar refractivity (Wildman–Crippen MR) is 113 cm³/mol. The van der Waals surface area contributed by atoms with Gasteiger partial charge in [-0.15, -0.1) is 0 Å². The van der Waals surface area contributed by atoms with Crippen LogP contribution in [0.4, 0.5) is 21.6 Å². The molecule has 0 unspecified atom stereocenters. The Morgan fingerprint density at radius 2 is 1.80 bits per heavy atom. The van der Waals surface area contributed by atoms with Crippen molar-refractivity contribution >= 4 is 39.7 Å². The van der Waals surface area contributed by atoms with Crippen LogP contribution in [-0.4, -0.2) is 54.7 Å². The summed E-state index contributed by atoms with van der Waals surface area (Å²) in [5, 5.41) is 12.4. The first-order chi connectivity index (χ1) is 14.6. The van der Waals surface area contributed by atoms with Crippen LogP contribution in [0.15, 0.2) is 36.7 Å². The van der Waals surface area contributed by atoms with Gasteiger partial charge in [-0.25, -0.2) is 14.4 Å². The second-order valence-corrected chi connectivity index (χ2v) is 6.59. The van der Waals surface area contributed by atoms with E-state index in [9.17, 15) is 4.39 Å². The normalized spacial score (nSPS) is 11.0. The highest BCUT2D eigenvalue weighted by Gasteiger charge is 2.10. The van der Waals surface area contributed by atoms with Crippen molar-refractivity contribution < 1.29 is 23.7 Å². The largest absolute Gasteiger partial charge is 0.489 e. The standard InChI is InChI=1S/C20H22ClFN4O4/c21-15-9-13(1-2-16(15)22)26-20-14-10-17(23)19(11-18(14)24-12-25-20)30-8-7-29-6-5-28-4-3-27/h1-2,9-12,27H,3-8,23H2,(H,24,25,26). The summed E-state index contributed by atoms with van der Waals surface area (Å²) in [6.07, 6.45) is 1.41. The topological polar surface area (TPSA) is 112 Å². The molecule has 0 bridgehead atoms. The zero-order valence-corrected chi connectivity index (χ0v) is 16.9. The van der Waals surface area contributed by atoms with E-state index in [1.165, 1.54) is 18.5 Å². The number of fused-ring (bicyclic) bond motifs is 1. The number of nitrogens with one attached hydrogen (secondary N) is 1. The number of halogens is 2. The van der Waals surface area contributed by atoms with Crippen molar-refractivity contribution in [2.45, 2.75) is 0 Å². The Morgan fingerprint density at radius 1 is 1.03 bits per heavy atom. The summed E-state index contributed by atoms with van der Waals surface area (Å²) in [4.78, 5) is 8.50. The summed E-state index contributed by atoms with van der Waals surface area (Å²) in [6.45, 7) is 1.77. The Labute approximate surface area is 177 Å². The van der Waals surface area contributed by atoms with Crippen molar-refractivity contribution in [3.05, 3.63) is 47.5 Å². The van der Waals surface area contributed by atoms with Gasteiger partial charge in [-0.2, -0.15) is 0 Å². The fraction of sp³-hybridized carbons (Fsp3) is 0.300. The van der Waals surface area contributed by atoms with Gasteiger partial charge in [0.05, 0.1) is 49.3 Å². The van der Waals surface area contributed by atoms with Crippen LogP contribution >= 0.6 is 11.6 Å². The van der Waals surface area contributed by atoms with E-state index in [-0.39, 0.29) is 11.6 Å². The number of benzene rings is 2. The van der Waals surface area contributed by atoms with E-state index in [1.807, 2.05) is 0 Å². The molecule has 0 radical (unpaired) electrons. The molecule has 4 N–H and O–H groups in total. The molecule has 30 heavy (non-hydrogen) atoms. The van der Waals surface area contributed by atoms with Gasteiger partial charge in [-0.3, -0.25) is 0 Å². The van der Waals surface area contributed by atoms with Gasteiger partial charge in [-0.1, -0.05) is 11.6 Å². The van der Waals surface area contributed by atoms with Crippen molar-refractivity contribution in [1.29, 1.82) is 0 Å². The van der Waals surface area contributed by atoms with Crippen molar-refractivity contribution in [1.82, 2.24) is 9.97 Å². The molecule has 10 heteroatoms. The van der Waals surface area contributed by atoms with E-state index in [0.29, 0.717) is 66.9 Å². The van der Waals surface area contributed by atoms with Gasteiger partial charge in [0.2, 0.25) is 0 Å². The summed E-state index contributed by atoms with van der Waals surface area (Å²) >= 11 is 5.84. The van der Waals surface area contributed by atoms with Gasteiger partial charge in [0, 0.05) is 17.1 Å². The molecule has 0 aliphatic carbocycles. The monoisotopic (exact) mass is 436 g/mol. The quantitative estimate of drug-likeness (QED) is 0.310. The summed E-state index contributed by atoms with van der Waals surface area (Å²) in [5.74, 6) is 0.492. The number of rotatable bonds is 11. The van der Waals surface area contributed by atoms with E-state index >= 15 is 0 Å². The van der Waals surface area contributed by atoms with Crippen LogP contribution in [0.2, 0.25) is 5.02 Å². The maximum absolute atomic E-state index is 13.4. The first-order valence-corrected chi connectivity index (χ1v) is 9.61. The maximum atomic E-state index is 13.4. The van der Waals surface area contributed by atoms with Crippen LogP contribution in [0.1, 0.15) is 0 Å². The third kappa shape index (κ3) is 5.90. The lowest BCUT2D eigenvalue weighted by molar-refractivity contribution is 0.0248. The Hall–Kier alpha value is -2.72. The molecule has 3 rings (SSSR count). The highest BCUT2D eigenvalue weighted by molar-refractivity contribution is 6.31. The third-order valence-corrected chi connectivity index (χ3v) is 4.33. The number of hydrogen-bond acceptors (Lipinski definition) is 8. The van der Waals surface area contributed by atoms with Crippen molar-refractivity contribution in [3.63, 3.8) is 0 Å². The summed E-state index contributed by atoms with van der Waals surface area (Å²) < 4.78 is 29.5. The predicted octanol–water partition coefficient (Wildman–Crippen LogP) is 3.15. The Kier molecular flexibility index (Phi) is 7.97. The molecule has 2 aromatic carbocycles. The molecule has 3 aromatic rings. The number of nitrogens with zero attached hydrogens (tertiary/aromatic N) is 2. The zero-order chi connectivity index (χ0) is 21.3. The van der Waals surface area contributed by atoms with Crippen molar-refractivity contribution in [3.8, 4) is 5.75 Å². The minimum atomic E-state index is -0.498. The molecule has 0 amide bonds. The van der Waals surface area contributed by atoms with Crippen LogP contribution in [0, 0.1) is 5.82 Å². The number of nitrogen functional groups attached to an aromatic ring is 1. The van der Waals surface area contributed by atoms with Crippen LogP contribution in [0.5, 0.6) is 5.75 Å². The van der Waals surface area contributed by atoms with Crippen molar-refractivity contribution in [2.75, 3.05) is 50.7 Å². The molecular weight excluding hydrogens is 415 g/mol. The number of ether oxygens (including phenoxy) is 3. The molecule has 8 nitrogen and oxygen atoms in total.